The van der Waals surface area contributed by atoms with Gasteiger partial charge in [-0.2, -0.15) is 0 Å². The minimum absolute atomic E-state index is 0.0601. The van der Waals surface area contributed by atoms with E-state index in [0.29, 0.717) is 37.7 Å². The van der Waals surface area contributed by atoms with Crippen LogP contribution in [0, 0.1) is 17.0 Å². The van der Waals surface area contributed by atoms with Crippen LogP contribution in [0.25, 0.3) is 17.4 Å². The van der Waals surface area contributed by atoms with Gasteiger partial charge in [0.1, 0.15) is 11.5 Å². The molecular formula is C28H23N3O6S. The molecule has 192 valence electrons. The van der Waals surface area contributed by atoms with Crippen LogP contribution in [0.4, 0.5) is 5.69 Å². The standard InChI is InChI=1S/C28H23N3O6S/c1-4-36-27(33)24-17(3)29-28-30(25(24)18-8-6-5-7-9-18)26(32)23(38-28)15-19-11-13-22(37-19)20-12-10-16(2)14-21(20)31(34)35/h5-15,25H,4H2,1-3H3/b23-15+. The fraction of sp³-hybridized carbons (Fsp3) is 0.179. The summed E-state index contributed by atoms with van der Waals surface area (Å²) in [6, 6.07) is 16.8. The summed E-state index contributed by atoms with van der Waals surface area (Å²) >= 11 is 1.17. The van der Waals surface area contributed by atoms with E-state index in [2.05, 4.69) is 4.99 Å². The average Bonchev–Trinajstić information content (AvgIpc) is 3.48. The summed E-state index contributed by atoms with van der Waals surface area (Å²) in [6.45, 7) is 5.43. The number of nitro groups is 1. The van der Waals surface area contributed by atoms with Gasteiger partial charge in [-0.25, -0.2) is 9.79 Å². The lowest BCUT2D eigenvalue weighted by Crippen LogP contribution is -2.39. The van der Waals surface area contributed by atoms with E-state index in [9.17, 15) is 19.7 Å². The molecule has 1 aliphatic rings. The number of aryl methyl sites for hydroxylation is 1. The van der Waals surface area contributed by atoms with E-state index in [0.717, 1.165) is 11.1 Å². The summed E-state index contributed by atoms with van der Waals surface area (Å²) in [6.07, 6.45) is 1.58. The number of furan rings is 1. The molecule has 0 aliphatic carbocycles. The molecule has 0 spiro atoms. The number of esters is 1. The normalized spacial score (nSPS) is 15.2. The third-order valence-corrected chi connectivity index (χ3v) is 7.13. The van der Waals surface area contributed by atoms with Crippen molar-refractivity contribution in [3.05, 3.63) is 119 Å². The maximum absolute atomic E-state index is 13.7. The van der Waals surface area contributed by atoms with E-state index in [1.165, 1.54) is 22.0 Å². The number of carbonyl (C=O) groups is 1. The highest BCUT2D eigenvalue weighted by Crippen LogP contribution is 2.33. The third-order valence-electron chi connectivity index (χ3n) is 6.15. The van der Waals surface area contributed by atoms with Crippen LogP contribution in [-0.2, 0) is 9.53 Å². The van der Waals surface area contributed by atoms with Crippen LogP contribution in [0.5, 0.6) is 0 Å². The van der Waals surface area contributed by atoms with Crippen molar-refractivity contribution >= 4 is 29.1 Å². The van der Waals surface area contributed by atoms with Gasteiger partial charge in [0.25, 0.3) is 11.2 Å². The second-order valence-corrected chi connectivity index (χ2v) is 9.70. The molecule has 9 nitrogen and oxygen atoms in total. The number of rotatable bonds is 6. The Bertz CT molecular complexity index is 1780. The number of hydrogen-bond donors (Lipinski definition) is 0. The Kier molecular flexibility index (Phi) is 6.64. The Morgan fingerprint density at radius 3 is 2.66 bits per heavy atom. The quantitative estimate of drug-likeness (QED) is 0.209. The third kappa shape index (κ3) is 4.50. The van der Waals surface area contributed by atoms with Crippen LogP contribution in [0.1, 0.15) is 36.8 Å². The van der Waals surface area contributed by atoms with E-state index in [1.54, 1.807) is 51.1 Å². The Morgan fingerprint density at radius 1 is 1.18 bits per heavy atom. The minimum atomic E-state index is -0.698. The summed E-state index contributed by atoms with van der Waals surface area (Å²) in [4.78, 5) is 42.7. The Labute approximate surface area is 220 Å². The second kappa shape index (κ2) is 10.1. The van der Waals surface area contributed by atoms with E-state index in [1.807, 2.05) is 30.3 Å². The van der Waals surface area contributed by atoms with Gasteiger partial charge in [0.2, 0.25) is 0 Å². The Balaban J connectivity index is 1.63. The van der Waals surface area contributed by atoms with Crippen LogP contribution in [-0.4, -0.2) is 22.1 Å². The van der Waals surface area contributed by atoms with Crippen molar-refractivity contribution in [1.82, 2.24) is 4.57 Å². The zero-order valence-corrected chi connectivity index (χ0v) is 21.7. The van der Waals surface area contributed by atoms with Crippen molar-refractivity contribution in [3.8, 4) is 11.3 Å². The topological polar surface area (TPSA) is 117 Å². The van der Waals surface area contributed by atoms with Crippen molar-refractivity contribution in [2.24, 2.45) is 4.99 Å². The molecule has 1 aliphatic heterocycles. The van der Waals surface area contributed by atoms with Crippen molar-refractivity contribution in [3.63, 3.8) is 0 Å². The molecule has 2 aromatic carbocycles. The van der Waals surface area contributed by atoms with E-state index in [4.69, 9.17) is 9.15 Å². The van der Waals surface area contributed by atoms with Gasteiger partial charge >= 0.3 is 5.97 Å². The molecule has 0 radical (unpaired) electrons. The minimum Gasteiger partial charge on any atom is -0.463 e. The number of benzene rings is 2. The van der Waals surface area contributed by atoms with Crippen LogP contribution in [0.2, 0.25) is 0 Å². The lowest BCUT2D eigenvalue weighted by Gasteiger charge is -2.24. The predicted octanol–water partition coefficient (Wildman–Crippen LogP) is 4.27. The smallest absolute Gasteiger partial charge is 0.338 e. The van der Waals surface area contributed by atoms with Gasteiger partial charge in [-0.05, 0) is 50.1 Å². The largest absolute Gasteiger partial charge is 0.463 e. The highest BCUT2D eigenvalue weighted by atomic mass is 32.1. The van der Waals surface area contributed by atoms with E-state index < -0.39 is 16.9 Å². The zero-order chi connectivity index (χ0) is 27.0. The maximum atomic E-state index is 13.7. The monoisotopic (exact) mass is 529 g/mol. The number of aromatic nitrogens is 1. The first kappa shape index (κ1) is 25.1. The lowest BCUT2D eigenvalue weighted by atomic mass is 9.96. The Hall–Kier alpha value is -4.57. The van der Waals surface area contributed by atoms with Crippen LogP contribution in [0.3, 0.4) is 0 Å². The molecule has 5 rings (SSSR count). The number of nitrogens with zero attached hydrogens (tertiary/aromatic N) is 3. The molecule has 1 unspecified atom stereocenters. The van der Waals surface area contributed by atoms with Crippen molar-refractivity contribution in [2.75, 3.05) is 6.61 Å². The molecule has 0 saturated heterocycles. The van der Waals surface area contributed by atoms with Gasteiger partial charge < -0.3 is 9.15 Å². The maximum Gasteiger partial charge on any atom is 0.338 e. The van der Waals surface area contributed by atoms with Crippen LogP contribution >= 0.6 is 11.3 Å². The molecule has 3 heterocycles. The summed E-state index contributed by atoms with van der Waals surface area (Å²) in [5, 5.41) is 11.6. The predicted molar refractivity (Wildman–Crippen MR) is 142 cm³/mol. The molecular weight excluding hydrogens is 506 g/mol. The summed E-state index contributed by atoms with van der Waals surface area (Å²) in [5.74, 6) is 0.156. The van der Waals surface area contributed by atoms with Crippen molar-refractivity contribution in [1.29, 1.82) is 0 Å². The molecule has 38 heavy (non-hydrogen) atoms. The SMILES string of the molecule is CCOC(=O)C1=C(C)N=c2s/c(=C/c3ccc(-c4ccc(C)cc4[N+](=O)[O-])o3)c(=O)n2C1c1ccccc1. The highest BCUT2D eigenvalue weighted by Gasteiger charge is 2.33. The molecule has 0 saturated carbocycles. The Morgan fingerprint density at radius 2 is 1.95 bits per heavy atom. The fourth-order valence-electron chi connectivity index (χ4n) is 4.45. The number of carbonyl (C=O) groups excluding carboxylic acids is 1. The van der Waals surface area contributed by atoms with E-state index >= 15 is 0 Å². The molecule has 10 heteroatoms. The highest BCUT2D eigenvalue weighted by molar-refractivity contribution is 7.07. The number of hydrogen-bond acceptors (Lipinski definition) is 8. The zero-order valence-electron chi connectivity index (χ0n) is 20.8. The molecule has 0 N–H and O–H groups in total. The fourth-order valence-corrected chi connectivity index (χ4v) is 5.47. The summed E-state index contributed by atoms with van der Waals surface area (Å²) < 4.78 is 13.0. The molecule has 2 aromatic heterocycles. The average molecular weight is 530 g/mol. The van der Waals surface area contributed by atoms with Gasteiger partial charge in [-0.15, -0.1) is 0 Å². The van der Waals surface area contributed by atoms with Gasteiger partial charge in [0.15, 0.2) is 4.80 Å². The first-order valence-electron chi connectivity index (χ1n) is 11.9. The summed E-state index contributed by atoms with van der Waals surface area (Å²) in [7, 11) is 0. The first-order valence-corrected chi connectivity index (χ1v) is 12.7. The second-order valence-electron chi connectivity index (χ2n) is 8.69. The van der Waals surface area contributed by atoms with Gasteiger partial charge in [-0.3, -0.25) is 19.5 Å². The molecule has 4 aromatic rings. The first-order chi connectivity index (χ1) is 18.3. The number of ether oxygens (including phenoxy) is 1. The lowest BCUT2D eigenvalue weighted by molar-refractivity contribution is -0.384. The molecule has 0 fully saturated rings. The van der Waals surface area contributed by atoms with Gasteiger partial charge in [0.05, 0.1) is 38.9 Å². The number of fused-ring (bicyclic) bond motifs is 1. The van der Waals surface area contributed by atoms with Crippen molar-refractivity contribution < 1.29 is 18.9 Å². The van der Waals surface area contributed by atoms with Gasteiger partial charge in [0, 0.05) is 12.1 Å². The van der Waals surface area contributed by atoms with Crippen molar-refractivity contribution in [2.45, 2.75) is 26.8 Å². The summed E-state index contributed by atoms with van der Waals surface area (Å²) in [5.41, 5.74) is 2.26. The molecule has 1 atom stereocenters. The van der Waals surface area contributed by atoms with Crippen LogP contribution in [0.15, 0.2) is 86.1 Å². The number of nitro benzene ring substituents is 1. The molecule has 0 amide bonds. The molecule has 0 bridgehead atoms. The number of thiazole rings is 1. The number of allylic oxidation sites excluding steroid dienone is 1. The van der Waals surface area contributed by atoms with Gasteiger partial charge in [-0.1, -0.05) is 47.7 Å². The van der Waals surface area contributed by atoms with E-state index in [-0.39, 0.29) is 17.9 Å². The van der Waals surface area contributed by atoms with Crippen LogP contribution < -0.4 is 14.9 Å².